The quantitative estimate of drug-likeness (QED) is 0.399. The number of hydrogen-bond donors (Lipinski definition) is 0. The molecule has 0 bridgehead atoms. The van der Waals surface area contributed by atoms with Crippen molar-refractivity contribution in [3.63, 3.8) is 0 Å². The van der Waals surface area contributed by atoms with E-state index in [1.807, 2.05) is 31.2 Å². The Balaban J connectivity index is 2.43. The van der Waals surface area contributed by atoms with Gasteiger partial charge in [0.1, 0.15) is 10.2 Å². The minimum Gasteiger partial charge on any atom is -0.226 e. The van der Waals surface area contributed by atoms with Crippen molar-refractivity contribution in [2.24, 2.45) is 0 Å². The smallest absolute Gasteiger partial charge is 0.226 e. The molecule has 0 aliphatic heterocycles. The van der Waals surface area contributed by atoms with Crippen LogP contribution in [0.2, 0.25) is 15.2 Å². The second kappa shape index (κ2) is 7.09. The first-order valence-electron chi connectivity index (χ1n) is 5.72. The van der Waals surface area contributed by atoms with Crippen molar-refractivity contribution in [2.75, 3.05) is 0 Å². The fraction of sp³-hybridized carbons (Fsp3) is 0.154. The minimum absolute atomic E-state index is 0.0313. The van der Waals surface area contributed by atoms with Crippen LogP contribution in [-0.2, 0) is 0 Å². The number of benzene rings is 1. The Kier molecular flexibility index (Phi) is 5.83. The maximum Gasteiger partial charge on any atom is 0.447 e. The van der Waals surface area contributed by atoms with Crippen molar-refractivity contribution in [1.82, 2.24) is 4.98 Å². The highest BCUT2D eigenvalue weighted by Crippen LogP contribution is 2.47. The summed E-state index contributed by atoms with van der Waals surface area (Å²) in [5.41, 5.74) is -3.46. The number of alkyl halides is 3. The normalized spacial score (nSPS) is 11.8. The molecular weight excluding hydrogens is 398 g/mol. The van der Waals surface area contributed by atoms with E-state index in [0.29, 0.717) is 0 Å². The maximum atomic E-state index is 12.5. The van der Waals surface area contributed by atoms with Crippen LogP contribution in [0.1, 0.15) is 5.56 Å². The fourth-order valence-corrected chi connectivity index (χ4v) is 3.91. The third-order valence-corrected chi connectivity index (χ3v) is 5.70. The molecule has 2 aromatic rings. The molecule has 1 nitrogen and oxygen atoms in total. The van der Waals surface area contributed by atoms with Gasteiger partial charge in [0.25, 0.3) is 0 Å². The van der Waals surface area contributed by atoms with Crippen LogP contribution in [0.25, 0.3) is 0 Å². The standard InChI is InChI=1S/C13H7Cl3F3NS2/c1-6-2-4-7(5-3-6)21-10-8(14)11(16)20-12(9(10)15)22-13(17,18)19/h2-5H,1H3. The molecule has 1 aromatic carbocycles. The third kappa shape index (κ3) is 4.61. The number of hydrogen-bond acceptors (Lipinski definition) is 3. The monoisotopic (exact) mass is 403 g/mol. The predicted molar refractivity (Wildman–Crippen MR) is 86.5 cm³/mol. The highest BCUT2D eigenvalue weighted by molar-refractivity contribution is 8.00. The lowest BCUT2D eigenvalue weighted by atomic mass is 10.2. The van der Waals surface area contributed by atoms with Crippen molar-refractivity contribution < 1.29 is 13.2 Å². The molecule has 1 heterocycles. The van der Waals surface area contributed by atoms with Crippen LogP contribution in [0.5, 0.6) is 0 Å². The van der Waals surface area contributed by atoms with Crippen LogP contribution >= 0.6 is 58.3 Å². The summed E-state index contributed by atoms with van der Waals surface area (Å²) in [5.74, 6) is 0. The van der Waals surface area contributed by atoms with Gasteiger partial charge in [0, 0.05) is 16.7 Å². The van der Waals surface area contributed by atoms with Crippen LogP contribution in [-0.4, -0.2) is 10.5 Å². The molecule has 2 rings (SSSR count). The number of aryl methyl sites for hydroxylation is 1. The van der Waals surface area contributed by atoms with Gasteiger partial charge in [-0.25, -0.2) is 4.98 Å². The third-order valence-electron chi connectivity index (χ3n) is 2.42. The summed E-state index contributed by atoms with van der Waals surface area (Å²) in [5, 5.41) is -0.767. The summed E-state index contributed by atoms with van der Waals surface area (Å²) in [6.45, 7) is 1.93. The van der Waals surface area contributed by atoms with E-state index in [9.17, 15) is 13.2 Å². The van der Waals surface area contributed by atoms with Crippen molar-refractivity contribution >= 4 is 58.3 Å². The van der Waals surface area contributed by atoms with Crippen molar-refractivity contribution in [2.45, 2.75) is 27.2 Å². The molecule has 0 aliphatic rings. The Labute approximate surface area is 148 Å². The first-order chi connectivity index (χ1) is 10.2. The number of halogens is 6. The molecular formula is C13H7Cl3F3NS2. The van der Waals surface area contributed by atoms with Crippen LogP contribution in [0.4, 0.5) is 13.2 Å². The molecule has 0 aliphatic carbocycles. The summed E-state index contributed by atoms with van der Waals surface area (Å²) in [4.78, 5) is 4.63. The lowest BCUT2D eigenvalue weighted by Crippen LogP contribution is -2.01. The first kappa shape index (κ1) is 18.1. The second-order valence-electron chi connectivity index (χ2n) is 4.13. The summed E-state index contributed by atoms with van der Waals surface area (Å²) >= 11 is 18.6. The number of rotatable bonds is 3. The average molecular weight is 405 g/mol. The van der Waals surface area contributed by atoms with Gasteiger partial charge < -0.3 is 0 Å². The van der Waals surface area contributed by atoms with Gasteiger partial charge in [0.2, 0.25) is 0 Å². The molecule has 0 unspecified atom stereocenters. The van der Waals surface area contributed by atoms with E-state index in [2.05, 4.69) is 4.98 Å². The molecule has 118 valence electrons. The van der Waals surface area contributed by atoms with E-state index in [1.165, 1.54) is 0 Å². The molecule has 9 heteroatoms. The van der Waals surface area contributed by atoms with Gasteiger partial charge in [-0.05, 0) is 19.1 Å². The lowest BCUT2D eigenvalue weighted by Gasteiger charge is -2.13. The van der Waals surface area contributed by atoms with E-state index in [0.717, 1.165) is 22.2 Å². The number of aromatic nitrogens is 1. The summed E-state index contributed by atoms with van der Waals surface area (Å²) in [6.07, 6.45) is 0. The molecule has 0 N–H and O–H groups in total. The number of thioether (sulfide) groups is 1. The Hall–Kier alpha value is -0.270. The fourth-order valence-electron chi connectivity index (χ4n) is 1.47. The molecule has 0 amide bonds. The molecule has 0 saturated heterocycles. The largest absolute Gasteiger partial charge is 0.447 e. The Morgan fingerprint density at radius 2 is 1.59 bits per heavy atom. The zero-order valence-corrected chi connectivity index (χ0v) is 14.7. The summed E-state index contributed by atoms with van der Waals surface area (Å²) in [6, 6.07) is 7.38. The first-order valence-corrected chi connectivity index (χ1v) is 8.49. The van der Waals surface area contributed by atoms with Crippen molar-refractivity contribution in [3.05, 3.63) is 45.0 Å². The zero-order valence-electron chi connectivity index (χ0n) is 10.8. The SMILES string of the molecule is Cc1ccc(Sc2c(Cl)c(Cl)nc(SC(F)(F)F)c2Cl)cc1. The Bertz CT molecular complexity index is 690. The summed E-state index contributed by atoms with van der Waals surface area (Å²) < 4.78 is 37.6. The number of nitrogens with zero attached hydrogens (tertiary/aromatic N) is 1. The summed E-state index contributed by atoms with van der Waals surface area (Å²) in [7, 11) is 0. The van der Waals surface area contributed by atoms with Gasteiger partial charge in [-0.1, -0.05) is 64.3 Å². The molecule has 22 heavy (non-hydrogen) atoms. The predicted octanol–water partition coefficient (Wildman–Crippen LogP) is 7.11. The highest BCUT2D eigenvalue weighted by Gasteiger charge is 2.33. The average Bonchev–Trinajstić information content (AvgIpc) is 2.41. The maximum absolute atomic E-state index is 12.5. The second-order valence-corrected chi connectivity index (χ2v) is 7.38. The van der Waals surface area contributed by atoms with Crippen molar-refractivity contribution in [1.29, 1.82) is 0 Å². The molecule has 0 fully saturated rings. The lowest BCUT2D eigenvalue weighted by molar-refractivity contribution is -0.0329. The van der Waals surface area contributed by atoms with Gasteiger partial charge >= 0.3 is 5.51 Å². The molecule has 0 atom stereocenters. The van der Waals surface area contributed by atoms with E-state index in [-0.39, 0.29) is 20.1 Å². The van der Waals surface area contributed by atoms with E-state index in [1.54, 1.807) is 0 Å². The highest BCUT2D eigenvalue weighted by atomic mass is 35.5. The van der Waals surface area contributed by atoms with Crippen LogP contribution < -0.4 is 0 Å². The van der Waals surface area contributed by atoms with Gasteiger partial charge in [-0.3, -0.25) is 0 Å². The Morgan fingerprint density at radius 3 is 2.14 bits per heavy atom. The van der Waals surface area contributed by atoms with Gasteiger partial charge in [0.15, 0.2) is 0 Å². The van der Waals surface area contributed by atoms with Crippen LogP contribution in [0.3, 0.4) is 0 Å². The van der Waals surface area contributed by atoms with E-state index in [4.69, 9.17) is 34.8 Å². The molecule has 0 spiro atoms. The molecule has 1 aromatic heterocycles. The van der Waals surface area contributed by atoms with Crippen LogP contribution in [0, 0.1) is 6.92 Å². The van der Waals surface area contributed by atoms with Crippen molar-refractivity contribution in [3.8, 4) is 0 Å². The van der Waals surface area contributed by atoms with Gasteiger partial charge in [0.05, 0.1) is 14.9 Å². The van der Waals surface area contributed by atoms with Gasteiger partial charge in [-0.2, -0.15) is 13.2 Å². The number of pyridine rings is 1. The Morgan fingerprint density at radius 1 is 1.00 bits per heavy atom. The van der Waals surface area contributed by atoms with Crippen LogP contribution in [0.15, 0.2) is 39.1 Å². The minimum atomic E-state index is -4.51. The zero-order chi connectivity index (χ0) is 16.5. The topological polar surface area (TPSA) is 12.9 Å². The van der Waals surface area contributed by atoms with E-state index >= 15 is 0 Å². The molecule has 0 radical (unpaired) electrons. The van der Waals surface area contributed by atoms with E-state index < -0.39 is 22.3 Å². The van der Waals surface area contributed by atoms with Gasteiger partial charge in [-0.15, -0.1) is 0 Å². The molecule has 0 saturated carbocycles.